The second-order valence-corrected chi connectivity index (χ2v) is 3.16. The maximum atomic E-state index is 12.3. The van der Waals surface area contributed by atoms with Crippen molar-refractivity contribution in [2.24, 2.45) is 0 Å². The van der Waals surface area contributed by atoms with Crippen LogP contribution in [0.5, 0.6) is 0 Å². The Labute approximate surface area is 82.7 Å². The Morgan fingerprint density at radius 2 is 2.00 bits per heavy atom. The number of anilines is 1. The molecule has 1 aromatic carbocycles. The van der Waals surface area contributed by atoms with E-state index in [2.05, 4.69) is 9.40 Å². The smallest absolute Gasteiger partial charge is 0.433 e. The van der Waals surface area contributed by atoms with Crippen LogP contribution in [0.4, 0.5) is 18.9 Å². The number of hydrogen-bond acceptors (Lipinski definition) is 3. The summed E-state index contributed by atoms with van der Waals surface area (Å²) in [6.45, 7) is 1.69. The Morgan fingerprint density at radius 3 is 2.60 bits per heavy atom. The van der Waals surface area contributed by atoms with Crippen LogP contribution < -0.4 is 5.73 Å². The molecule has 0 atom stereocenters. The minimum atomic E-state index is -4.58. The molecule has 0 bridgehead atoms. The van der Waals surface area contributed by atoms with Crippen molar-refractivity contribution in [3.05, 3.63) is 23.6 Å². The van der Waals surface area contributed by atoms with Crippen LogP contribution in [0.15, 0.2) is 16.5 Å². The van der Waals surface area contributed by atoms with Gasteiger partial charge in [-0.1, -0.05) is 6.07 Å². The lowest BCUT2D eigenvalue weighted by molar-refractivity contribution is -0.156. The molecule has 1 aromatic heterocycles. The molecule has 2 N–H and O–H groups in total. The highest BCUT2D eigenvalue weighted by Gasteiger charge is 2.37. The Morgan fingerprint density at radius 1 is 1.33 bits per heavy atom. The number of alkyl halides is 3. The zero-order valence-corrected chi connectivity index (χ0v) is 7.72. The van der Waals surface area contributed by atoms with Gasteiger partial charge in [-0.15, -0.1) is 0 Å². The molecule has 80 valence electrons. The highest BCUT2D eigenvalue weighted by atomic mass is 19.4. The molecule has 6 heteroatoms. The average Bonchev–Trinajstić information content (AvgIpc) is 2.55. The number of nitrogens with two attached hydrogens (primary N) is 1. The number of aryl methyl sites for hydroxylation is 1. The van der Waals surface area contributed by atoms with Crippen molar-refractivity contribution in [3.63, 3.8) is 0 Å². The lowest BCUT2D eigenvalue weighted by Gasteiger charge is -1.97. The van der Waals surface area contributed by atoms with E-state index in [4.69, 9.17) is 5.73 Å². The molecule has 2 rings (SSSR count). The second-order valence-electron chi connectivity index (χ2n) is 3.16. The minimum Gasteiger partial charge on any atom is -0.433 e. The Kier molecular flexibility index (Phi) is 1.89. The average molecular weight is 216 g/mol. The maximum absolute atomic E-state index is 12.3. The zero-order valence-electron chi connectivity index (χ0n) is 7.72. The monoisotopic (exact) mass is 216 g/mol. The van der Waals surface area contributed by atoms with Crippen LogP contribution >= 0.6 is 0 Å². The van der Waals surface area contributed by atoms with Gasteiger partial charge in [0.15, 0.2) is 5.58 Å². The topological polar surface area (TPSA) is 52.0 Å². The predicted octanol–water partition coefficient (Wildman–Crippen LogP) is 2.74. The third kappa shape index (κ3) is 1.51. The number of nitrogens with zero attached hydrogens (tertiary/aromatic N) is 1. The molecule has 3 nitrogen and oxygen atoms in total. The molecule has 1 heterocycles. The van der Waals surface area contributed by atoms with Crippen molar-refractivity contribution in [1.82, 2.24) is 4.98 Å². The molecule has 2 aromatic rings. The highest BCUT2D eigenvalue weighted by molar-refractivity contribution is 5.87. The molecule has 0 spiro atoms. The van der Waals surface area contributed by atoms with Gasteiger partial charge < -0.3 is 10.2 Å². The van der Waals surface area contributed by atoms with Crippen LogP contribution in [-0.2, 0) is 6.18 Å². The van der Waals surface area contributed by atoms with Gasteiger partial charge >= 0.3 is 12.1 Å². The van der Waals surface area contributed by atoms with Crippen LogP contribution in [0.25, 0.3) is 11.1 Å². The van der Waals surface area contributed by atoms with E-state index >= 15 is 0 Å². The van der Waals surface area contributed by atoms with Gasteiger partial charge in [-0.2, -0.15) is 13.2 Å². The SMILES string of the molecule is Cc1ccc2oc(C(F)(F)F)nc2c1N. The minimum absolute atomic E-state index is 0.0467. The summed E-state index contributed by atoms with van der Waals surface area (Å²) in [6.07, 6.45) is -4.58. The molecule has 0 aliphatic heterocycles. The van der Waals surface area contributed by atoms with E-state index in [1.165, 1.54) is 6.07 Å². The summed E-state index contributed by atoms with van der Waals surface area (Å²) in [5.74, 6) is -1.27. The standard InChI is InChI=1S/C9H7F3N2O/c1-4-2-3-5-7(6(4)13)14-8(15-5)9(10,11)12/h2-3H,13H2,1H3. The number of benzene rings is 1. The van der Waals surface area contributed by atoms with Crippen LogP contribution in [0, 0.1) is 6.92 Å². The fourth-order valence-corrected chi connectivity index (χ4v) is 1.24. The first-order valence-corrected chi connectivity index (χ1v) is 4.12. The number of rotatable bonds is 0. The van der Waals surface area contributed by atoms with Gasteiger partial charge in [-0.3, -0.25) is 0 Å². The highest BCUT2D eigenvalue weighted by Crippen LogP contribution is 2.33. The Hall–Kier alpha value is -1.72. The van der Waals surface area contributed by atoms with Gasteiger partial charge in [-0.25, -0.2) is 4.98 Å². The van der Waals surface area contributed by atoms with Gasteiger partial charge in [0, 0.05) is 0 Å². The van der Waals surface area contributed by atoms with Crippen LogP contribution in [0.1, 0.15) is 11.5 Å². The van der Waals surface area contributed by atoms with Crippen LogP contribution in [0.2, 0.25) is 0 Å². The molecular formula is C9H7F3N2O. The largest absolute Gasteiger partial charge is 0.468 e. The molecule has 0 unspecified atom stereocenters. The number of hydrogen-bond donors (Lipinski definition) is 1. The number of oxazole rings is 1. The first kappa shape index (κ1) is 9.82. The summed E-state index contributed by atoms with van der Waals surface area (Å²) in [6, 6.07) is 3.01. The van der Waals surface area contributed by atoms with E-state index in [0.29, 0.717) is 5.56 Å². The number of halogens is 3. The number of aromatic nitrogens is 1. The predicted molar refractivity (Wildman–Crippen MR) is 48.2 cm³/mol. The van der Waals surface area contributed by atoms with Gasteiger partial charge in [0.2, 0.25) is 0 Å². The fraction of sp³-hybridized carbons (Fsp3) is 0.222. The van der Waals surface area contributed by atoms with E-state index in [0.717, 1.165) is 0 Å². The van der Waals surface area contributed by atoms with Crippen LogP contribution in [-0.4, -0.2) is 4.98 Å². The van der Waals surface area contributed by atoms with E-state index in [9.17, 15) is 13.2 Å². The maximum Gasteiger partial charge on any atom is 0.468 e. The first-order chi connectivity index (χ1) is 6.89. The summed E-state index contributed by atoms with van der Waals surface area (Å²) >= 11 is 0. The fourth-order valence-electron chi connectivity index (χ4n) is 1.24. The van der Waals surface area contributed by atoms with Crippen molar-refractivity contribution in [3.8, 4) is 0 Å². The Bertz CT molecular complexity index is 516. The van der Waals surface area contributed by atoms with E-state index in [1.807, 2.05) is 0 Å². The summed E-state index contributed by atoms with van der Waals surface area (Å²) < 4.78 is 41.3. The normalized spacial score (nSPS) is 12.3. The van der Waals surface area contributed by atoms with Crippen LogP contribution in [0.3, 0.4) is 0 Å². The van der Waals surface area contributed by atoms with Crippen molar-refractivity contribution in [2.45, 2.75) is 13.1 Å². The number of nitrogen functional groups attached to an aromatic ring is 1. The van der Waals surface area contributed by atoms with E-state index in [-0.39, 0.29) is 16.8 Å². The molecule has 0 saturated carbocycles. The molecule has 0 radical (unpaired) electrons. The molecule has 0 amide bonds. The first-order valence-electron chi connectivity index (χ1n) is 4.12. The van der Waals surface area contributed by atoms with Crippen molar-refractivity contribution >= 4 is 16.8 Å². The van der Waals surface area contributed by atoms with E-state index in [1.54, 1.807) is 13.0 Å². The van der Waals surface area contributed by atoms with Gasteiger partial charge in [0.1, 0.15) is 5.52 Å². The zero-order chi connectivity index (χ0) is 11.2. The summed E-state index contributed by atoms with van der Waals surface area (Å²) in [5, 5.41) is 0. The quantitative estimate of drug-likeness (QED) is 0.689. The van der Waals surface area contributed by atoms with E-state index < -0.39 is 12.1 Å². The molecule has 15 heavy (non-hydrogen) atoms. The molecule has 0 aliphatic rings. The molecule has 0 saturated heterocycles. The van der Waals surface area contributed by atoms with Crippen molar-refractivity contribution < 1.29 is 17.6 Å². The van der Waals surface area contributed by atoms with Crippen molar-refractivity contribution in [2.75, 3.05) is 5.73 Å². The molecular weight excluding hydrogens is 209 g/mol. The third-order valence-corrected chi connectivity index (χ3v) is 2.06. The molecule has 0 fully saturated rings. The lowest BCUT2D eigenvalue weighted by atomic mass is 10.2. The summed E-state index contributed by atoms with van der Waals surface area (Å²) in [7, 11) is 0. The van der Waals surface area contributed by atoms with Crippen molar-refractivity contribution in [1.29, 1.82) is 0 Å². The summed E-state index contributed by atoms with van der Waals surface area (Å²) in [5.41, 5.74) is 6.57. The molecule has 0 aliphatic carbocycles. The summed E-state index contributed by atoms with van der Waals surface area (Å²) in [4.78, 5) is 3.33. The van der Waals surface area contributed by atoms with Gasteiger partial charge in [0.25, 0.3) is 0 Å². The third-order valence-electron chi connectivity index (χ3n) is 2.06. The second kappa shape index (κ2) is 2.88. The van der Waals surface area contributed by atoms with Gasteiger partial charge in [0.05, 0.1) is 5.69 Å². The van der Waals surface area contributed by atoms with Gasteiger partial charge in [-0.05, 0) is 18.6 Å². The number of fused-ring (bicyclic) bond motifs is 1. The lowest BCUT2D eigenvalue weighted by Crippen LogP contribution is -2.04. The Balaban J connectivity index is 2.72.